The average Bonchev–Trinajstić information content (AvgIpc) is 0. The molecule has 0 aliphatic rings. The molecule has 0 heterocycles. The first-order valence-corrected chi connectivity index (χ1v) is 0. The Hall–Kier alpha value is 2.18. The molecule has 0 rings (SSSR count). The molecule has 0 unspecified atom stereocenters. The molecule has 0 saturated carbocycles. The van der Waals surface area contributed by atoms with Crippen molar-refractivity contribution in [1.29, 1.82) is 0 Å². The summed E-state index contributed by atoms with van der Waals surface area (Å²) in [6.07, 6.45) is 0. The summed E-state index contributed by atoms with van der Waals surface area (Å²) in [7, 11) is 0. The van der Waals surface area contributed by atoms with Crippen molar-refractivity contribution in [2.45, 2.75) is 0 Å². The van der Waals surface area contributed by atoms with E-state index in [2.05, 4.69) is 0 Å². The Balaban J connectivity index is 0. The zero-order valence-corrected chi connectivity index (χ0v) is 1.00. The Morgan fingerprint density at radius 3 is 0.750 bits per heavy atom. The SMILES string of the molecule is O.O.[CaH2].[NaH]. The van der Waals surface area contributed by atoms with Crippen molar-refractivity contribution in [3.8, 4) is 0 Å². The third-order valence-corrected chi connectivity index (χ3v) is 0. The van der Waals surface area contributed by atoms with Crippen LogP contribution < -0.4 is 0 Å². The molecule has 0 radical (unpaired) electrons. The molecule has 4 heteroatoms. The third-order valence-electron chi connectivity index (χ3n) is 0. The van der Waals surface area contributed by atoms with Crippen molar-refractivity contribution in [2.75, 3.05) is 0 Å². The molecule has 4 N–H and O–H groups in total. The molecule has 0 aromatic carbocycles. The fourth-order valence-electron chi connectivity index (χ4n) is 0. The average molecular weight is 102 g/mol. The Bertz CT molecular complexity index is 6.00. The standard InChI is InChI=1S/Ca.Na.2H2O.3H/h;;2*1H2;;;. The summed E-state index contributed by atoms with van der Waals surface area (Å²) in [6.45, 7) is 0. The fraction of sp³-hybridized carbons (Fsp3) is 0. The van der Waals surface area contributed by atoms with Gasteiger partial charge in [0.25, 0.3) is 0 Å². The van der Waals surface area contributed by atoms with Gasteiger partial charge in [-0.2, -0.15) is 0 Å². The van der Waals surface area contributed by atoms with Crippen molar-refractivity contribution in [1.82, 2.24) is 0 Å². The normalized spacial score (nSPS) is 0. The van der Waals surface area contributed by atoms with Crippen LogP contribution >= 0.6 is 0 Å². The van der Waals surface area contributed by atoms with Crippen LogP contribution in [0, 0.1) is 0 Å². The number of rotatable bonds is 0. The van der Waals surface area contributed by atoms with Gasteiger partial charge >= 0.3 is 67.3 Å². The first-order chi connectivity index (χ1) is 0. The van der Waals surface area contributed by atoms with E-state index < -0.39 is 0 Å². The minimum atomic E-state index is 0. The van der Waals surface area contributed by atoms with Crippen LogP contribution in [0.15, 0.2) is 0 Å². The maximum atomic E-state index is 0. The molecule has 0 aromatic rings. The predicted molar refractivity (Wildman–Crippen MR) is 22.9 cm³/mol. The summed E-state index contributed by atoms with van der Waals surface area (Å²) in [4.78, 5) is 0. The van der Waals surface area contributed by atoms with Gasteiger partial charge in [-0.3, -0.25) is 0 Å². The van der Waals surface area contributed by atoms with Crippen LogP contribution in [0.1, 0.15) is 0 Å². The monoisotopic (exact) mass is 102 g/mol. The first kappa shape index (κ1) is 34.9. The van der Waals surface area contributed by atoms with Gasteiger partial charge in [0.15, 0.2) is 0 Å². The molecule has 0 spiro atoms. The number of hydrogen-bond acceptors (Lipinski definition) is 0. The van der Waals surface area contributed by atoms with Crippen LogP contribution in [0.25, 0.3) is 0 Å². The summed E-state index contributed by atoms with van der Waals surface area (Å²) in [5, 5.41) is 0. The van der Waals surface area contributed by atoms with Crippen LogP contribution in [0.4, 0.5) is 0 Å². The predicted octanol–water partition coefficient (Wildman–Crippen LogP) is -3.21. The van der Waals surface area contributed by atoms with Crippen LogP contribution in [-0.2, 0) is 0 Å². The fourth-order valence-corrected chi connectivity index (χ4v) is 0. The van der Waals surface area contributed by atoms with E-state index in [-0.39, 0.29) is 78.2 Å². The van der Waals surface area contributed by atoms with Gasteiger partial charge in [0, 0.05) is 0 Å². The zero-order valence-electron chi connectivity index (χ0n) is 1.00. The second-order valence-electron chi connectivity index (χ2n) is 0. The Morgan fingerprint density at radius 1 is 0.750 bits per heavy atom. The first-order valence-electron chi connectivity index (χ1n) is 0. The third kappa shape index (κ3) is 8.89. The minimum absolute atomic E-state index is 0. The maximum absolute atomic E-state index is 0. The van der Waals surface area contributed by atoms with Crippen molar-refractivity contribution < 1.29 is 11.0 Å². The van der Waals surface area contributed by atoms with E-state index in [0.717, 1.165) is 0 Å². The van der Waals surface area contributed by atoms with Crippen LogP contribution in [0.3, 0.4) is 0 Å². The van der Waals surface area contributed by atoms with Crippen molar-refractivity contribution in [3.63, 3.8) is 0 Å². The summed E-state index contributed by atoms with van der Waals surface area (Å²) in [5.74, 6) is 0. The quantitative estimate of drug-likeness (QED) is 0.289. The summed E-state index contributed by atoms with van der Waals surface area (Å²) >= 11 is 0. The van der Waals surface area contributed by atoms with E-state index in [1.165, 1.54) is 0 Å². The van der Waals surface area contributed by atoms with Gasteiger partial charge < -0.3 is 11.0 Å². The van der Waals surface area contributed by atoms with E-state index in [0.29, 0.717) is 0 Å². The molecule has 2 nitrogen and oxygen atoms in total. The van der Waals surface area contributed by atoms with E-state index in [9.17, 15) is 0 Å². The van der Waals surface area contributed by atoms with Gasteiger partial charge in [0.2, 0.25) is 0 Å². The molecule has 0 bridgehead atoms. The molecule has 0 saturated heterocycles. The topological polar surface area (TPSA) is 63.0 Å². The van der Waals surface area contributed by atoms with Crippen molar-refractivity contribution >= 4 is 67.3 Å². The van der Waals surface area contributed by atoms with E-state index in [1.54, 1.807) is 0 Å². The van der Waals surface area contributed by atoms with Gasteiger partial charge in [-0.1, -0.05) is 0 Å². The molecule has 22 valence electrons. The number of hydrogen-bond donors (Lipinski definition) is 0. The van der Waals surface area contributed by atoms with Gasteiger partial charge in [-0.15, -0.1) is 0 Å². The Morgan fingerprint density at radius 2 is 0.750 bits per heavy atom. The molecule has 0 atom stereocenters. The second kappa shape index (κ2) is 19.0. The molecular weight excluding hydrogens is 95.1 g/mol. The van der Waals surface area contributed by atoms with Gasteiger partial charge in [0.1, 0.15) is 0 Å². The van der Waals surface area contributed by atoms with Crippen molar-refractivity contribution in [3.05, 3.63) is 0 Å². The second-order valence-corrected chi connectivity index (χ2v) is 0. The Kier molecular flexibility index (Phi) is 166. The molecule has 0 aliphatic carbocycles. The van der Waals surface area contributed by atoms with Crippen LogP contribution in [0.2, 0.25) is 0 Å². The van der Waals surface area contributed by atoms with Crippen LogP contribution in [-0.4, -0.2) is 78.2 Å². The molecule has 4 heavy (non-hydrogen) atoms. The van der Waals surface area contributed by atoms with Gasteiger partial charge in [0.05, 0.1) is 0 Å². The van der Waals surface area contributed by atoms with E-state index >= 15 is 0 Å². The summed E-state index contributed by atoms with van der Waals surface area (Å²) in [6, 6.07) is 0. The van der Waals surface area contributed by atoms with E-state index in [1.807, 2.05) is 0 Å². The van der Waals surface area contributed by atoms with Gasteiger partial charge in [-0.05, 0) is 0 Å². The van der Waals surface area contributed by atoms with Crippen molar-refractivity contribution in [2.24, 2.45) is 0 Å². The Labute approximate surface area is 76.9 Å². The molecule has 0 aliphatic heterocycles. The molecule has 0 amide bonds. The summed E-state index contributed by atoms with van der Waals surface area (Å²) < 4.78 is 0. The molecule has 0 fully saturated rings. The van der Waals surface area contributed by atoms with E-state index in [4.69, 9.17) is 0 Å². The summed E-state index contributed by atoms with van der Waals surface area (Å²) in [5.41, 5.74) is 0. The molecular formula is H7CaNaO2. The molecule has 0 aromatic heterocycles. The van der Waals surface area contributed by atoms with Gasteiger partial charge in [-0.25, -0.2) is 0 Å². The van der Waals surface area contributed by atoms with Crippen LogP contribution in [0.5, 0.6) is 0 Å². The zero-order chi connectivity index (χ0) is 0.